The third-order valence-corrected chi connectivity index (χ3v) is 8.59. The topological polar surface area (TPSA) is 152 Å². The molecule has 1 atom stereocenters. The Morgan fingerprint density at radius 1 is 0.978 bits per heavy atom. The SMILES string of the molecule is CC(C(=O)Nc1ccccc1Oc1ccccc1C1CCCCC1)c1nc2ccccc2c(=O)[nH]1.COC(=O)CSc1cn[nH]n1. The first-order chi connectivity index (χ1) is 22.4. The van der Waals surface area contributed by atoms with Gasteiger partial charge in [-0.15, -0.1) is 5.10 Å². The Labute approximate surface area is 270 Å². The minimum Gasteiger partial charge on any atom is -0.468 e. The highest BCUT2D eigenvalue weighted by molar-refractivity contribution is 7.99. The van der Waals surface area contributed by atoms with E-state index in [0.717, 1.165) is 5.75 Å². The Kier molecular flexibility index (Phi) is 11.2. The molecule has 46 heavy (non-hydrogen) atoms. The molecule has 1 saturated carbocycles. The Morgan fingerprint density at radius 3 is 2.46 bits per heavy atom. The van der Waals surface area contributed by atoms with Crippen molar-refractivity contribution in [2.24, 2.45) is 0 Å². The lowest BCUT2D eigenvalue weighted by atomic mass is 9.84. The van der Waals surface area contributed by atoms with Crippen LogP contribution in [0.4, 0.5) is 5.69 Å². The Bertz CT molecular complexity index is 1820. The van der Waals surface area contributed by atoms with Crippen molar-refractivity contribution < 1.29 is 19.1 Å². The van der Waals surface area contributed by atoms with E-state index >= 15 is 0 Å². The van der Waals surface area contributed by atoms with E-state index in [4.69, 9.17) is 4.74 Å². The molecule has 1 aliphatic carbocycles. The molecule has 1 fully saturated rings. The first-order valence-electron chi connectivity index (χ1n) is 15.1. The van der Waals surface area contributed by atoms with Crippen LogP contribution in [-0.4, -0.2) is 50.1 Å². The number of ether oxygens (including phenoxy) is 2. The number of H-pyrrole nitrogens is 2. The number of rotatable bonds is 9. The highest BCUT2D eigenvalue weighted by Crippen LogP contribution is 2.40. The van der Waals surface area contributed by atoms with Crippen LogP contribution in [0.2, 0.25) is 0 Å². The molecule has 2 aromatic heterocycles. The zero-order valence-electron chi connectivity index (χ0n) is 25.7. The molecule has 11 nitrogen and oxygen atoms in total. The van der Waals surface area contributed by atoms with Gasteiger partial charge in [0.2, 0.25) is 5.91 Å². The van der Waals surface area contributed by atoms with E-state index in [-0.39, 0.29) is 23.2 Å². The van der Waals surface area contributed by atoms with Gasteiger partial charge in [0.05, 0.1) is 41.6 Å². The van der Waals surface area contributed by atoms with Crippen molar-refractivity contribution in [3.05, 3.63) is 101 Å². The summed E-state index contributed by atoms with van der Waals surface area (Å²) in [4.78, 5) is 43.5. The molecule has 0 aliphatic heterocycles. The summed E-state index contributed by atoms with van der Waals surface area (Å²) in [7, 11) is 1.35. The van der Waals surface area contributed by atoms with Crippen LogP contribution < -0.4 is 15.6 Å². The number of aromatic amines is 2. The van der Waals surface area contributed by atoms with Crippen LogP contribution in [-0.2, 0) is 14.3 Å². The fourth-order valence-corrected chi connectivity index (χ4v) is 5.85. The largest absolute Gasteiger partial charge is 0.468 e. The molecule has 2 heterocycles. The quantitative estimate of drug-likeness (QED) is 0.120. The van der Waals surface area contributed by atoms with Gasteiger partial charge < -0.3 is 19.8 Å². The molecule has 1 unspecified atom stereocenters. The molecule has 0 spiro atoms. The predicted molar refractivity (Wildman–Crippen MR) is 177 cm³/mol. The van der Waals surface area contributed by atoms with Crippen molar-refractivity contribution in [2.75, 3.05) is 18.2 Å². The van der Waals surface area contributed by atoms with E-state index in [1.807, 2.05) is 42.5 Å². The summed E-state index contributed by atoms with van der Waals surface area (Å²) >= 11 is 1.28. The third kappa shape index (κ3) is 8.39. The monoisotopic (exact) mass is 640 g/mol. The Hall–Kier alpha value is -4.97. The smallest absolute Gasteiger partial charge is 0.316 e. The summed E-state index contributed by atoms with van der Waals surface area (Å²) in [6.07, 6.45) is 7.68. The molecule has 5 aromatic rings. The van der Waals surface area contributed by atoms with Gasteiger partial charge in [0.15, 0.2) is 5.75 Å². The highest BCUT2D eigenvalue weighted by Gasteiger charge is 2.22. The minimum atomic E-state index is -0.658. The molecular formula is C34H36N6O5S. The minimum absolute atomic E-state index is 0.256. The summed E-state index contributed by atoms with van der Waals surface area (Å²) in [5.41, 5.74) is 2.10. The number of amides is 1. The molecule has 3 aromatic carbocycles. The van der Waals surface area contributed by atoms with Crippen LogP contribution in [0.3, 0.4) is 0 Å². The average molecular weight is 641 g/mol. The number of nitrogens with one attached hydrogen (secondary N) is 3. The van der Waals surface area contributed by atoms with Gasteiger partial charge >= 0.3 is 5.97 Å². The first-order valence-corrected chi connectivity index (χ1v) is 16.1. The van der Waals surface area contributed by atoms with Gasteiger partial charge in [-0.05, 0) is 61.6 Å². The van der Waals surface area contributed by atoms with Crippen LogP contribution >= 0.6 is 11.8 Å². The van der Waals surface area contributed by atoms with E-state index in [0.29, 0.717) is 39.1 Å². The van der Waals surface area contributed by atoms with Crippen LogP contribution in [0, 0.1) is 0 Å². The number of methoxy groups -OCH3 is 1. The second-order valence-electron chi connectivity index (χ2n) is 10.8. The van der Waals surface area contributed by atoms with E-state index in [2.05, 4.69) is 47.6 Å². The molecule has 0 saturated heterocycles. The molecule has 12 heteroatoms. The lowest BCUT2D eigenvalue weighted by Crippen LogP contribution is -2.23. The van der Waals surface area contributed by atoms with Crippen molar-refractivity contribution in [3.8, 4) is 11.5 Å². The van der Waals surface area contributed by atoms with E-state index in [1.165, 1.54) is 56.5 Å². The van der Waals surface area contributed by atoms with E-state index in [1.54, 1.807) is 31.3 Å². The fraction of sp³-hybridized carbons (Fsp3) is 0.294. The number of anilines is 1. The number of carbonyl (C=O) groups excluding carboxylic acids is 2. The fourth-order valence-electron chi connectivity index (χ4n) is 5.23. The molecule has 1 amide bonds. The summed E-state index contributed by atoms with van der Waals surface area (Å²) in [6.45, 7) is 1.73. The number of fused-ring (bicyclic) bond motifs is 1. The summed E-state index contributed by atoms with van der Waals surface area (Å²) in [5.74, 6) is 1.30. The molecule has 1 aliphatic rings. The predicted octanol–water partition coefficient (Wildman–Crippen LogP) is 6.58. The summed E-state index contributed by atoms with van der Waals surface area (Å²) < 4.78 is 10.8. The van der Waals surface area contributed by atoms with Crippen molar-refractivity contribution >= 4 is 40.2 Å². The maximum absolute atomic E-state index is 13.2. The number of nitrogens with zero attached hydrogens (tertiary/aromatic N) is 3. The number of aromatic nitrogens is 5. The van der Waals surface area contributed by atoms with Crippen molar-refractivity contribution in [2.45, 2.75) is 55.9 Å². The van der Waals surface area contributed by atoms with Gasteiger partial charge in [-0.3, -0.25) is 14.4 Å². The third-order valence-electron chi connectivity index (χ3n) is 7.72. The number of thioether (sulfide) groups is 1. The Balaban J connectivity index is 0.000000322. The number of para-hydroxylation sites is 4. The number of benzene rings is 3. The zero-order valence-corrected chi connectivity index (χ0v) is 26.5. The number of carbonyl (C=O) groups is 2. The van der Waals surface area contributed by atoms with Crippen LogP contribution in [0.25, 0.3) is 10.9 Å². The average Bonchev–Trinajstić information content (AvgIpc) is 3.62. The van der Waals surface area contributed by atoms with Crippen molar-refractivity contribution in [1.82, 2.24) is 25.4 Å². The number of hydrogen-bond donors (Lipinski definition) is 3. The van der Waals surface area contributed by atoms with E-state index in [9.17, 15) is 14.4 Å². The normalized spacial score (nSPS) is 13.7. The molecule has 0 radical (unpaired) electrons. The number of hydrogen-bond acceptors (Lipinski definition) is 9. The van der Waals surface area contributed by atoms with Crippen molar-refractivity contribution in [3.63, 3.8) is 0 Å². The van der Waals surface area contributed by atoms with Crippen molar-refractivity contribution in [1.29, 1.82) is 0 Å². The number of esters is 1. The van der Waals surface area contributed by atoms with Crippen LogP contribution in [0.15, 0.2) is 88.8 Å². The maximum atomic E-state index is 13.2. The maximum Gasteiger partial charge on any atom is 0.316 e. The van der Waals surface area contributed by atoms with Gasteiger partial charge in [0.1, 0.15) is 16.6 Å². The van der Waals surface area contributed by atoms with Crippen LogP contribution in [0.1, 0.15) is 62.3 Å². The second-order valence-corrected chi connectivity index (χ2v) is 11.8. The zero-order chi connectivity index (χ0) is 32.3. The molecular weight excluding hydrogens is 604 g/mol. The standard InChI is InChI=1S/C29H29N3O3.C5H7N3O2S/c1-19(27-30-23-15-7-5-14-22(23)29(34)32-27)28(33)31-24-16-8-10-18-26(24)35-25-17-9-6-13-21(25)20-11-3-2-4-12-20;1-10-5(9)3-11-4-2-6-8-7-4/h5-10,13-20H,2-4,11-12H2,1H3,(H,31,33)(H,30,32,34);2H,3H2,1H3,(H,6,7,8). The summed E-state index contributed by atoms with van der Waals surface area (Å²) in [5, 5.41) is 13.9. The van der Waals surface area contributed by atoms with Gasteiger partial charge in [-0.25, -0.2) is 4.98 Å². The van der Waals surface area contributed by atoms with E-state index < -0.39 is 5.92 Å². The highest BCUT2D eigenvalue weighted by atomic mass is 32.2. The Morgan fingerprint density at radius 2 is 1.70 bits per heavy atom. The molecule has 6 rings (SSSR count). The molecule has 238 valence electrons. The lowest BCUT2D eigenvalue weighted by Gasteiger charge is -2.24. The second kappa shape index (κ2) is 15.8. The van der Waals surface area contributed by atoms with Gasteiger partial charge in [-0.2, -0.15) is 10.3 Å². The van der Waals surface area contributed by atoms with Gasteiger partial charge in [0.25, 0.3) is 5.56 Å². The molecule has 0 bridgehead atoms. The first kappa shape index (κ1) is 32.4. The lowest BCUT2D eigenvalue weighted by molar-refractivity contribution is -0.137. The van der Waals surface area contributed by atoms with Gasteiger partial charge in [0, 0.05) is 0 Å². The van der Waals surface area contributed by atoms with Gasteiger partial charge in [-0.1, -0.05) is 73.5 Å². The van der Waals surface area contributed by atoms with Crippen LogP contribution in [0.5, 0.6) is 11.5 Å². The molecule has 3 N–H and O–H groups in total. The summed E-state index contributed by atoms with van der Waals surface area (Å²) in [6, 6.07) is 22.7.